The quantitative estimate of drug-likeness (QED) is 0.217. The minimum atomic E-state index is -4.64. The summed E-state index contributed by atoms with van der Waals surface area (Å²) in [5.41, 5.74) is 1.42. The van der Waals surface area contributed by atoms with E-state index >= 15 is 0 Å². The molecule has 0 atom stereocenters. The standard InChI is InChI=1S/C6H5F3N2.H3O4P/c7-3-1-4(8)6(9)5(2-3)11-10;1-5(2,3)4/h1-2,11H,10H2;(H3,1,2,3,4). The number of halogens is 3. The first-order valence-electron chi connectivity index (χ1n) is 3.54. The lowest BCUT2D eigenvalue weighted by Gasteiger charge is -2.01. The summed E-state index contributed by atoms with van der Waals surface area (Å²) in [6.45, 7) is 0. The molecular formula is C6H8F3N2O4P. The van der Waals surface area contributed by atoms with Crippen LogP contribution >= 0.6 is 7.82 Å². The molecule has 1 rings (SSSR count). The number of hydrogen-bond acceptors (Lipinski definition) is 3. The van der Waals surface area contributed by atoms with Gasteiger partial charge in [0.2, 0.25) is 0 Å². The van der Waals surface area contributed by atoms with Gasteiger partial charge in [-0.05, 0) is 0 Å². The maximum atomic E-state index is 12.5. The van der Waals surface area contributed by atoms with Crippen LogP contribution in [0.3, 0.4) is 0 Å². The molecule has 0 aliphatic heterocycles. The highest BCUT2D eigenvalue weighted by Crippen LogP contribution is 2.25. The number of nitrogens with one attached hydrogen (secondary N) is 1. The average molecular weight is 260 g/mol. The van der Waals surface area contributed by atoms with Crippen molar-refractivity contribution in [2.75, 3.05) is 5.43 Å². The first-order valence-corrected chi connectivity index (χ1v) is 5.11. The zero-order chi connectivity index (χ0) is 12.9. The van der Waals surface area contributed by atoms with E-state index in [1.807, 2.05) is 5.43 Å². The first kappa shape index (κ1) is 14.9. The Labute approximate surface area is 87.7 Å². The Bertz CT molecular complexity index is 403. The number of nitrogen functional groups attached to an aromatic ring is 1. The van der Waals surface area contributed by atoms with E-state index < -0.39 is 31.0 Å². The van der Waals surface area contributed by atoms with Crippen LogP contribution in [0.25, 0.3) is 0 Å². The maximum absolute atomic E-state index is 12.5. The minimum absolute atomic E-state index is 0.400. The van der Waals surface area contributed by atoms with E-state index in [4.69, 9.17) is 25.1 Å². The molecule has 16 heavy (non-hydrogen) atoms. The molecule has 6 N–H and O–H groups in total. The molecule has 0 aliphatic rings. The van der Waals surface area contributed by atoms with Gasteiger partial charge in [0.15, 0.2) is 11.6 Å². The molecule has 92 valence electrons. The molecule has 0 saturated carbocycles. The minimum Gasteiger partial charge on any atom is -0.321 e. The van der Waals surface area contributed by atoms with Crippen molar-refractivity contribution in [3.8, 4) is 0 Å². The second kappa shape index (κ2) is 5.83. The highest BCUT2D eigenvalue weighted by atomic mass is 31.2. The molecule has 0 aromatic heterocycles. The third-order valence-electron chi connectivity index (χ3n) is 1.15. The molecule has 1 aromatic carbocycles. The Morgan fingerprint density at radius 2 is 1.62 bits per heavy atom. The fraction of sp³-hybridized carbons (Fsp3) is 0. The second-order valence-corrected chi connectivity index (χ2v) is 3.43. The summed E-state index contributed by atoms with van der Waals surface area (Å²) in [5.74, 6) is 1.44. The van der Waals surface area contributed by atoms with Crippen molar-refractivity contribution < 1.29 is 32.4 Å². The number of benzene rings is 1. The monoisotopic (exact) mass is 260 g/mol. The second-order valence-electron chi connectivity index (χ2n) is 2.41. The van der Waals surface area contributed by atoms with Gasteiger partial charge in [0.25, 0.3) is 0 Å². The molecule has 10 heteroatoms. The number of rotatable bonds is 1. The number of hydrazine groups is 1. The van der Waals surface area contributed by atoms with Gasteiger partial charge < -0.3 is 20.1 Å². The molecule has 0 unspecified atom stereocenters. The summed E-state index contributed by atoms with van der Waals surface area (Å²) in [7, 11) is -4.64. The highest BCUT2D eigenvalue weighted by Gasteiger charge is 2.08. The molecule has 0 fully saturated rings. The molecule has 0 radical (unpaired) electrons. The number of hydrogen-bond donors (Lipinski definition) is 5. The van der Waals surface area contributed by atoms with Crippen molar-refractivity contribution >= 4 is 13.5 Å². The van der Waals surface area contributed by atoms with E-state index in [0.29, 0.717) is 6.07 Å². The van der Waals surface area contributed by atoms with Crippen LogP contribution in [-0.2, 0) is 4.57 Å². The fourth-order valence-corrected chi connectivity index (χ4v) is 0.661. The number of phosphoric acid groups is 1. The van der Waals surface area contributed by atoms with E-state index in [9.17, 15) is 13.2 Å². The van der Waals surface area contributed by atoms with Crippen LogP contribution < -0.4 is 11.3 Å². The van der Waals surface area contributed by atoms with Crippen LogP contribution in [0.5, 0.6) is 0 Å². The number of nitrogens with two attached hydrogens (primary N) is 1. The normalized spacial score (nSPS) is 10.4. The van der Waals surface area contributed by atoms with E-state index in [-0.39, 0.29) is 0 Å². The van der Waals surface area contributed by atoms with Gasteiger partial charge in [0, 0.05) is 12.1 Å². The third kappa shape index (κ3) is 6.38. The molecular weight excluding hydrogens is 252 g/mol. The van der Waals surface area contributed by atoms with Gasteiger partial charge in [0.05, 0.1) is 5.69 Å². The highest BCUT2D eigenvalue weighted by molar-refractivity contribution is 7.45. The van der Waals surface area contributed by atoms with Crippen molar-refractivity contribution in [3.05, 3.63) is 29.6 Å². The fourth-order valence-electron chi connectivity index (χ4n) is 0.661. The van der Waals surface area contributed by atoms with Crippen molar-refractivity contribution in [2.45, 2.75) is 0 Å². The van der Waals surface area contributed by atoms with Gasteiger partial charge in [-0.25, -0.2) is 17.7 Å². The van der Waals surface area contributed by atoms with Gasteiger partial charge in [-0.1, -0.05) is 0 Å². The van der Waals surface area contributed by atoms with Gasteiger partial charge in [-0.2, -0.15) is 0 Å². The van der Waals surface area contributed by atoms with Crippen LogP contribution in [0, 0.1) is 17.5 Å². The molecule has 1 aromatic rings. The first-order chi connectivity index (χ1) is 7.15. The van der Waals surface area contributed by atoms with E-state index in [2.05, 4.69) is 0 Å². The largest absolute Gasteiger partial charge is 0.466 e. The lowest BCUT2D eigenvalue weighted by molar-refractivity contribution is 0.275. The van der Waals surface area contributed by atoms with Gasteiger partial charge >= 0.3 is 7.82 Å². The molecule has 0 amide bonds. The molecule has 0 saturated heterocycles. The summed E-state index contributed by atoms with van der Waals surface area (Å²) < 4.78 is 46.0. The third-order valence-corrected chi connectivity index (χ3v) is 1.15. The SMILES string of the molecule is NNc1cc(F)cc(F)c1F.O=P(O)(O)O. The predicted molar refractivity (Wildman–Crippen MR) is 48.4 cm³/mol. The van der Waals surface area contributed by atoms with Gasteiger partial charge in [-0.3, -0.25) is 5.84 Å². The zero-order valence-corrected chi connectivity index (χ0v) is 8.46. The van der Waals surface area contributed by atoms with Gasteiger partial charge in [0.1, 0.15) is 5.82 Å². The Balaban J connectivity index is 0.000000385. The van der Waals surface area contributed by atoms with Gasteiger partial charge in [-0.15, -0.1) is 0 Å². The van der Waals surface area contributed by atoms with Crippen molar-refractivity contribution in [3.63, 3.8) is 0 Å². The van der Waals surface area contributed by atoms with E-state index in [1.54, 1.807) is 0 Å². The van der Waals surface area contributed by atoms with Crippen LogP contribution in [0.4, 0.5) is 18.9 Å². The zero-order valence-electron chi connectivity index (χ0n) is 7.56. The van der Waals surface area contributed by atoms with Crippen LogP contribution in [-0.4, -0.2) is 14.7 Å². The molecule has 0 heterocycles. The summed E-state index contributed by atoms with van der Waals surface area (Å²) in [6, 6.07) is 1.20. The summed E-state index contributed by atoms with van der Waals surface area (Å²) in [4.78, 5) is 21.6. The molecule has 6 nitrogen and oxygen atoms in total. The molecule has 0 aliphatic carbocycles. The molecule has 0 spiro atoms. The van der Waals surface area contributed by atoms with Crippen LogP contribution in [0.15, 0.2) is 12.1 Å². The van der Waals surface area contributed by atoms with Crippen LogP contribution in [0.1, 0.15) is 0 Å². The average Bonchev–Trinajstić information content (AvgIpc) is 2.08. The lowest BCUT2D eigenvalue weighted by atomic mass is 10.3. The molecule has 0 bridgehead atoms. The summed E-state index contributed by atoms with van der Waals surface area (Å²) in [6.07, 6.45) is 0. The Morgan fingerprint density at radius 1 is 1.19 bits per heavy atom. The Morgan fingerprint density at radius 3 is 2.00 bits per heavy atom. The van der Waals surface area contributed by atoms with Crippen molar-refractivity contribution in [1.82, 2.24) is 0 Å². The topological polar surface area (TPSA) is 116 Å². The van der Waals surface area contributed by atoms with E-state index in [0.717, 1.165) is 6.07 Å². The maximum Gasteiger partial charge on any atom is 0.466 e. The smallest absolute Gasteiger partial charge is 0.321 e. The van der Waals surface area contributed by atoms with E-state index in [1.165, 1.54) is 0 Å². The summed E-state index contributed by atoms with van der Waals surface area (Å²) >= 11 is 0. The van der Waals surface area contributed by atoms with Crippen molar-refractivity contribution in [2.24, 2.45) is 5.84 Å². The summed E-state index contributed by atoms with van der Waals surface area (Å²) in [5, 5.41) is 0. The van der Waals surface area contributed by atoms with Crippen LogP contribution in [0.2, 0.25) is 0 Å². The lowest BCUT2D eigenvalue weighted by Crippen LogP contribution is -2.09. The Kier molecular flexibility index (Phi) is 5.42. The Hall–Kier alpha value is -1.12. The predicted octanol–water partition coefficient (Wildman–Crippen LogP) is 0.461. The van der Waals surface area contributed by atoms with Crippen molar-refractivity contribution in [1.29, 1.82) is 0 Å². The number of anilines is 1.